The van der Waals surface area contributed by atoms with Crippen LogP contribution in [-0.2, 0) is 37.0 Å². The molecule has 0 aliphatic carbocycles. The van der Waals surface area contributed by atoms with Crippen LogP contribution < -0.4 is 4.67 Å². The molecule has 0 aliphatic heterocycles. The molecule has 0 bridgehead atoms. The summed E-state index contributed by atoms with van der Waals surface area (Å²) in [5.41, 5.74) is -15.5. The molecule has 2 atom stereocenters. The molecule has 6 aromatic rings. The monoisotopic (exact) mass is 1220 g/mol. The van der Waals surface area contributed by atoms with E-state index in [1.165, 1.54) is 60.6 Å². The van der Waals surface area contributed by atoms with Crippen LogP contribution in [0.4, 0.5) is 84.7 Å². The number of hydrogen-bond donors (Lipinski definition) is 0. The fourth-order valence-corrected chi connectivity index (χ4v) is 10.8. The zero-order valence-corrected chi connectivity index (χ0v) is 42.8. The molecule has 75 heavy (non-hydrogen) atoms. The van der Waals surface area contributed by atoms with E-state index in [2.05, 4.69) is 30.3 Å². The Hall–Kier alpha value is -5.11. The van der Waals surface area contributed by atoms with Crippen LogP contribution in [-0.4, -0.2) is 57.5 Å². The molecule has 6 rings (SSSR count). The van der Waals surface area contributed by atoms with Crippen molar-refractivity contribution in [3.05, 3.63) is 136 Å². The Morgan fingerprint density at radius 1 is 0.653 bits per heavy atom. The topological polar surface area (TPSA) is 96.1 Å². The van der Waals surface area contributed by atoms with Crippen molar-refractivity contribution in [1.29, 1.82) is 5.26 Å². The van der Waals surface area contributed by atoms with Gasteiger partial charge in [-0.25, -0.2) is 18.8 Å². The molecule has 4 aromatic carbocycles. The second-order valence-corrected chi connectivity index (χ2v) is 20.2. The highest BCUT2D eigenvalue weighted by Gasteiger charge is 2.83. The lowest BCUT2D eigenvalue weighted by Gasteiger charge is -2.36. The number of thiazole rings is 1. The number of carbonyl (C=O) groups is 2. The highest BCUT2D eigenvalue weighted by Crippen LogP contribution is 2.60. The Labute approximate surface area is 436 Å². The molecule has 2 heterocycles. The van der Waals surface area contributed by atoms with Gasteiger partial charge in [0.25, 0.3) is 0 Å². The molecular weight excluding hydrogens is 1190 g/mol. The van der Waals surface area contributed by atoms with Crippen molar-refractivity contribution >= 4 is 87.2 Å². The van der Waals surface area contributed by atoms with E-state index in [-0.39, 0.29) is 79.6 Å². The van der Waals surface area contributed by atoms with Crippen LogP contribution in [0.25, 0.3) is 10.2 Å². The summed E-state index contributed by atoms with van der Waals surface area (Å²) in [4.78, 5) is 34.2. The standard InChI is InChI=1S/C23H15BrClF9N2OS2.C23H15F9N2OS/c1-3-11-7-13(20(26,22(29,30)31)21(27,28)23(32,33)34)6-10(2)14(11)9-17(37)12-4-5-16(15(24)8-12)35-19-18(25)36-39-38-19;1-3-12-7-14(20(24,22(27,28)29)21(25,26)23(30,31)32)6-11(2)15(12)9-17(35)13-4-5-16-18(8-13)36-19(10-33)34-16/h4-8H,3,9H2,1-2H3;4-8H,3,9H2,1-2H3. The lowest BCUT2D eigenvalue weighted by atomic mass is 9.83. The summed E-state index contributed by atoms with van der Waals surface area (Å²) < 4.78 is 249. The number of ketones is 2. The third-order valence-corrected chi connectivity index (χ3v) is 15.2. The van der Waals surface area contributed by atoms with Gasteiger partial charge in [0.05, 0.1) is 15.9 Å². The van der Waals surface area contributed by atoms with Gasteiger partial charge in [0, 0.05) is 50.1 Å². The first-order chi connectivity index (χ1) is 34.3. The second kappa shape index (κ2) is 21.7. The molecule has 2 aromatic heterocycles. The van der Waals surface area contributed by atoms with E-state index in [4.69, 9.17) is 16.9 Å². The largest absolute Gasteiger partial charge is 0.457 e. The second-order valence-electron chi connectivity index (χ2n) is 16.2. The summed E-state index contributed by atoms with van der Waals surface area (Å²) in [5, 5.41) is 9.30. The van der Waals surface area contributed by atoms with Crippen molar-refractivity contribution in [3.63, 3.8) is 0 Å². The molecule has 0 saturated carbocycles. The average Bonchev–Trinajstić information content (AvgIpc) is 3.93. The van der Waals surface area contributed by atoms with Gasteiger partial charge in [-0.15, -0.1) is 11.3 Å². The summed E-state index contributed by atoms with van der Waals surface area (Å²) in [6, 6.07) is 11.7. The van der Waals surface area contributed by atoms with E-state index in [9.17, 15) is 84.2 Å². The minimum absolute atomic E-state index is 0.0771. The quantitative estimate of drug-likeness (QED) is 0.0652. The maximum Gasteiger partial charge on any atom is 0.457 e. The van der Waals surface area contributed by atoms with Crippen LogP contribution in [0.2, 0.25) is 5.15 Å². The fraction of sp³-hybridized carbons (Fsp3) is 0.348. The van der Waals surface area contributed by atoms with Crippen molar-refractivity contribution in [3.8, 4) is 6.07 Å². The summed E-state index contributed by atoms with van der Waals surface area (Å²) in [7, 11) is 2.34. The van der Waals surface area contributed by atoms with Crippen LogP contribution >= 0.6 is 59.7 Å². The number of carbonyl (C=O) groups excluding carboxylic acids is 2. The fourth-order valence-electron chi connectivity index (χ4n) is 7.53. The zero-order chi connectivity index (χ0) is 56.8. The van der Waals surface area contributed by atoms with Gasteiger partial charge in [-0.05, 0) is 123 Å². The Balaban J connectivity index is 0.000000278. The minimum Gasteiger partial charge on any atom is -0.294 e. The molecule has 0 amide bonds. The Morgan fingerprint density at radius 3 is 1.47 bits per heavy atom. The Bertz CT molecular complexity index is 3270. The molecule has 0 fully saturated rings. The number of aromatic nitrogens is 2. The average molecular weight is 1220 g/mol. The smallest absolute Gasteiger partial charge is 0.294 e. The molecular formula is C46H30BrClF18N4O2S3. The highest BCUT2D eigenvalue weighted by atomic mass is 79.9. The van der Waals surface area contributed by atoms with Crippen LogP contribution in [0, 0.1) is 25.2 Å². The van der Waals surface area contributed by atoms with Crippen LogP contribution in [0.1, 0.15) is 84.1 Å². The van der Waals surface area contributed by atoms with E-state index in [0.717, 1.165) is 35.7 Å². The van der Waals surface area contributed by atoms with Crippen molar-refractivity contribution < 1.29 is 88.6 Å². The predicted octanol–water partition coefficient (Wildman–Crippen LogP) is 16.5. The maximum atomic E-state index is 15.0. The number of halogens is 20. The van der Waals surface area contributed by atoms with Crippen LogP contribution in [0.3, 0.4) is 0 Å². The normalized spacial score (nSPS) is 14.7. The first kappa shape index (κ1) is 60.8. The summed E-state index contributed by atoms with van der Waals surface area (Å²) in [5.74, 6) is -14.7. The SMILES string of the molecule is CCc1cc(C(F)(C(F)(F)F)C(F)(F)C(F)(F)F)cc(C)c1CC(=O)c1ccc(N=c2ssnc2Cl)c(Br)c1.CCc1cc(C(F)(C(F)(F)F)C(F)(F)C(F)(F)F)cc(C)c1CC(=O)c1ccc2nc(C#N)sc2c1. The van der Waals surface area contributed by atoms with E-state index < -0.39 is 83.4 Å². The summed E-state index contributed by atoms with van der Waals surface area (Å²) in [6.45, 7) is 4.94. The van der Waals surface area contributed by atoms with Gasteiger partial charge in [0.15, 0.2) is 26.4 Å². The summed E-state index contributed by atoms with van der Waals surface area (Å²) >= 11 is 10.2. The maximum absolute atomic E-state index is 15.0. The first-order valence-electron chi connectivity index (χ1n) is 20.8. The van der Waals surface area contributed by atoms with E-state index >= 15 is 4.39 Å². The number of hydrogen-bond acceptors (Lipinski definition) is 9. The molecule has 2 unspecified atom stereocenters. The Morgan fingerprint density at radius 2 is 1.09 bits per heavy atom. The highest BCUT2D eigenvalue weighted by molar-refractivity contribution is 9.10. The van der Waals surface area contributed by atoms with Gasteiger partial charge in [-0.3, -0.25) is 9.59 Å². The van der Waals surface area contributed by atoms with E-state index in [1.54, 1.807) is 0 Å². The third kappa shape index (κ3) is 11.6. The molecule has 0 aliphatic rings. The number of fused-ring (bicyclic) bond motifs is 1. The van der Waals surface area contributed by atoms with E-state index in [0.29, 0.717) is 37.2 Å². The van der Waals surface area contributed by atoms with Crippen LogP contribution in [0.15, 0.2) is 70.1 Å². The van der Waals surface area contributed by atoms with Gasteiger partial charge in [0.1, 0.15) is 6.07 Å². The molecule has 0 radical (unpaired) electrons. The molecule has 0 N–H and O–H groups in total. The molecule has 29 heteroatoms. The summed E-state index contributed by atoms with van der Waals surface area (Å²) in [6.07, 6.45) is -28.1. The van der Waals surface area contributed by atoms with Crippen LogP contribution in [0.5, 0.6) is 0 Å². The number of aryl methyl sites for hydroxylation is 4. The number of Topliss-reactive ketones (excluding diaryl/α,β-unsaturated/α-hetero) is 2. The first-order valence-corrected chi connectivity index (χ1v) is 24.9. The third-order valence-electron chi connectivity index (χ3n) is 11.4. The number of nitrogens with zero attached hydrogens (tertiary/aromatic N) is 4. The predicted molar refractivity (Wildman–Crippen MR) is 246 cm³/mol. The van der Waals surface area contributed by atoms with E-state index in [1.807, 2.05) is 6.07 Å². The molecule has 0 spiro atoms. The van der Waals surface area contributed by atoms with Gasteiger partial charge in [-0.2, -0.15) is 79.9 Å². The van der Waals surface area contributed by atoms with Gasteiger partial charge >= 0.3 is 47.9 Å². The lowest BCUT2D eigenvalue weighted by molar-refractivity contribution is -0.389. The number of nitriles is 1. The molecule has 0 saturated heterocycles. The van der Waals surface area contributed by atoms with Gasteiger partial charge < -0.3 is 0 Å². The van der Waals surface area contributed by atoms with Crippen molar-refractivity contribution in [2.24, 2.45) is 4.99 Å². The lowest BCUT2D eigenvalue weighted by Crippen LogP contribution is -2.59. The molecule has 6 nitrogen and oxygen atoms in total. The zero-order valence-electron chi connectivity index (χ0n) is 38.0. The Kier molecular flexibility index (Phi) is 17.6. The van der Waals surface area contributed by atoms with Crippen molar-refractivity contribution in [1.82, 2.24) is 9.36 Å². The van der Waals surface area contributed by atoms with Gasteiger partial charge in [-0.1, -0.05) is 49.7 Å². The van der Waals surface area contributed by atoms with Gasteiger partial charge in [0.2, 0.25) is 0 Å². The number of alkyl halides is 18. The molecule has 404 valence electrons. The van der Waals surface area contributed by atoms with Crippen molar-refractivity contribution in [2.45, 2.75) is 101 Å². The number of rotatable bonds is 13. The number of benzene rings is 4. The minimum atomic E-state index is -6.83. The van der Waals surface area contributed by atoms with Crippen molar-refractivity contribution in [2.75, 3.05) is 0 Å².